The fraction of sp³-hybridized carbons (Fsp3) is 0.615. The molecule has 0 rings (SSSR count). The fourth-order valence-corrected chi connectivity index (χ4v) is 1.71. The molecule has 0 radical (unpaired) electrons. The molecule has 11 nitrogen and oxygen atoms in total. The maximum atomic E-state index is 11.7. The molecule has 0 fully saturated rings. The first-order chi connectivity index (χ1) is 11.1. The molecule has 0 aliphatic carbocycles. The summed E-state index contributed by atoms with van der Waals surface area (Å²) in [6, 6.07) is -2.18. The van der Waals surface area contributed by atoms with Gasteiger partial charge >= 0.3 is 5.97 Å². The van der Waals surface area contributed by atoms with E-state index in [4.69, 9.17) is 22.0 Å². The number of nitrogens with one attached hydrogen (secondary N) is 4. The molecule has 2 amide bonds. The van der Waals surface area contributed by atoms with Gasteiger partial charge in [-0.05, 0) is 19.8 Å². The number of hydrogen-bond donors (Lipinski definition) is 7. The second-order valence-electron chi connectivity index (χ2n) is 5.17. The molecule has 0 aliphatic rings. The van der Waals surface area contributed by atoms with Gasteiger partial charge in [0.05, 0.1) is 12.6 Å². The van der Waals surface area contributed by atoms with Gasteiger partial charge in [0.15, 0.2) is 5.96 Å². The quantitative estimate of drug-likeness (QED) is 0.119. The summed E-state index contributed by atoms with van der Waals surface area (Å²) in [6.45, 7) is 1.16. The Bertz CT molecular complexity index is 495. The van der Waals surface area contributed by atoms with E-state index >= 15 is 0 Å². The fourth-order valence-electron chi connectivity index (χ4n) is 1.71. The number of carbonyl (C=O) groups is 4. The number of ketones is 1. The van der Waals surface area contributed by atoms with E-state index < -0.39 is 36.4 Å². The number of carboxylic acids is 1. The number of Topliss-reactive ketones (excluding diaryl/α,β-unsaturated/α-hetero) is 1. The normalized spacial score (nSPS) is 12.6. The van der Waals surface area contributed by atoms with Crippen molar-refractivity contribution < 1.29 is 24.3 Å². The molecule has 0 aromatic rings. The van der Waals surface area contributed by atoms with Crippen LogP contribution >= 0.6 is 0 Å². The minimum atomic E-state index is -1.33. The van der Waals surface area contributed by atoms with Gasteiger partial charge in [-0.3, -0.25) is 19.8 Å². The van der Waals surface area contributed by atoms with Crippen LogP contribution in [0.15, 0.2) is 0 Å². The second kappa shape index (κ2) is 10.9. The van der Waals surface area contributed by atoms with Crippen molar-refractivity contribution in [2.75, 3.05) is 13.1 Å². The van der Waals surface area contributed by atoms with Gasteiger partial charge in [0, 0.05) is 13.0 Å². The van der Waals surface area contributed by atoms with Gasteiger partial charge < -0.3 is 32.5 Å². The van der Waals surface area contributed by atoms with Crippen molar-refractivity contribution in [3.63, 3.8) is 0 Å². The van der Waals surface area contributed by atoms with Crippen molar-refractivity contribution in [3.8, 4) is 0 Å². The number of rotatable bonds is 11. The molecule has 0 spiro atoms. The van der Waals surface area contributed by atoms with E-state index in [1.807, 2.05) is 0 Å². The molecule has 0 unspecified atom stereocenters. The van der Waals surface area contributed by atoms with Crippen molar-refractivity contribution in [2.45, 2.75) is 38.3 Å². The van der Waals surface area contributed by atoms with E-state index in [2.05, 4.69) is 16.0 Å². The van der Waals surface area contributed by atoms with Crippen LogP contribution in [0.3, 0.4) is 0 Å². The molecule has 9 N–H and O–H groups in total. The number of nitrogens with two attached hydrogens (primary N) is 2. The van der Waals surface area contributed by atoms with Crippen molar-refractivity contribution in [3.05, 3.63) is 0 Å². The zero-order valence-corrected chi connectivity index (χ0v) is 13.4. The zero-order chi connectivity index (χ0) is 18.7. The number of carbonyl (C=O) groups excluding carboxylic acids is 3. The summed E-state index contributed by atoms with van der Waals surface area (Å²) in [5, 5.41) is 22.8. The van der Waals surface area contributed by atoms with Crippen molar-refractivity contribution in [2.24, 2.45) is 11.5 Å². The molecule has 24 heavy (non-hydrogen) atoms. The number of carboxylic acid groups (broad SMARTS) is 1. The Morgan fingerprint density at radius 3 is 2.33 bits per heavy atom. The Kier molecular flexibility index (Phi) is 9.71. The SMILES string of the molecule is CC(=O)C[C@H](NC(=O)CNC(=O)[C@@H](N)CCCNC(=N)N)C(=O)O. The van der Waals surface area contributed by atoms with Crippen LogP contribution in [0.5, 0.6) is 0 Å². The average molecular weight is 344 g/mol. The van der Waals surface area contributed by atoms with Crippen LogP contribution in [0, 0.1) is 5.41 Å². The van der Waals surface area contributed by atoms with Gasteiger partial charge in [-0.15, -0.1) is 0 Å². The van der Waals surface area contributed by atoms with E-state index in [-0.39, 0.29) is 18.2 Å². The van der Waals surface area contributed by atoms with Crippen molar-refractivity contribution >= 4 is 29.5 Å². The highest BCUT2D eigenvalue weighted by atomic mass is 16.4. The molecule has 136 valence electrons. The third kappa shape index (κ3) is 10.1. The van der Waals surface area contributed by atoms with E-state index in [0.717, 1.165) is 0 Å². The summed E-state index contributed by atoms with van der Waals surface area (Å²) in [5.41, 5.74) is 10.7. The van der Waals surface area contributed by atoms with Gasteiger partial charge in [-0.25, -0.2) is 4.79 Å². The van der Waals surface area contributed by atoms with Crippen LogP contribution in [-0.4, -0.2) is 59.8 Å². The standard InChI is InChI=1S/C13H24N6O5/c1-7(20)5-9(12(23)24)19-10(21)6-18-11(22)8(14)3-2-4-17-13(15)16/h8-9H,2-6,14H2,1H3,(H,18,22)(H,19,21)(H,23,24)(H4,15,16,17)/t8-,9-/m0/s1. The lowest BCUT2D eigenvalue weighted by atomic mass is 10.1. The minimum absolute atomic E-state index is 0.178. The number of hydrogen-bond acceptors (Lipinski definition) is 6. The van der Waals surface area contributed by atoms with Gasteiger partial charge in [0.25, 0.3) is 0 Å². The molecule has 2 atom stereocenters. The summed E-state index contributed by atoms with van der Waals surface area (Å²) >= 11 is 0. The first kappa shape index (κ1) is 21.3. The lowest BCUT2D eigenvalue weighted by Gasteiger charge is -2.15. The maximum absolute atomic E-state index is 11.7. The number of aliphatic carboxylic acids is 1. The Balaban J connectivity index is 4.14. The second-order valence-corrected chi connectivity index (χ2v) is 5.17. The highest BCUT2D eigenvalue weighted by Gasteiger charge is 2.22. The van der Waals surface area contributed by atoms with E-state index in [1.165, 1.54) is 6.92 Å². The molecule has 0 saturated heterocycles. The predicted molar refractivity (Wildman–Crippen MR) is 85.0 cm³/mol. The van der Waals surface area contributed by atoms with Crippen LogP contribution in [0.2, 0.25) is 0 Å². The molecular formula is C13H24N6O5. The predicted octanol–water partition coefficient (Wildman–Crippen LogP) is -2.76. The third-order valence-electron chi connectivity index (χ3n) is 2.89. The van der Waals surface area contributed by atoms with Crippen LogP contribution in [-0.2, 0) is 19.2 Å². The lowest BCUT2D eigenvalue weighted by molar-refractivity contribution is -0.143. The van der Waals surface area contributed by atoms with Gasteiger partial charge in [0.1, 0.15) is 11.8 Å². The number of amides is 2. The van der Waals surface area contributed by atoms with Crippen molar-refractivity contribution in [1.82, 2.24) is 16.0 Å². The minimum Gasteiger partial charge on any atom is -0.480 e. The Labute approximate surface area is 139 Å². The highest BCUT2D eigenvalue weighted by Crippen LogP contribution is 1.95. The van der Waals surface area contributed by atoms with E-state index in [9.17, 15) is 19.2 Å². The number of guanidine groups is 1. The van der Waals surface area contributed by atoms with Gasteiger partial charge in [-0.2, -0.15) is 0 Å². The average Bonchev–Trinajstić information content (AvgIpc) is 2.47. The molecular weight excluding hydrogens is 320 g/mol. The van der Waals surface area contributed by atoms with Crippen molar-refractivity contribution in [1.29, 1.82) is 5.41 Å². The van der Waals surface area contributed by atoms with Crippen LogP contribution in [0.25, 0.3) is 0 Å². The summed E-state index contributed by atoms with van der Waals surface area (Å²) in [7, 11) is 0. The molecule has 0 heterocycles. The summed E-state index contributed by atoms with van der Waals surface area (Å²) < 4.78 is 0. The summed E-state index contributed by atoms with van der Waals surface area (Å²) in [6.07, 6.45) is 0.480. The molecule has 0 aromatic heterocycles. The smallest absolute Gasteiger partial charge is 0.326 e. The largest absolute Gasteiger partial charge is 0.480 e. The first-order valence-electron chi connectivity index (χ1n) is 7.26. The molecule has 11 heteroatoms. The first-order valence-corrected chi connectivity index (χ1v) is 7.26. The molecule has 0 bridgehead atoms. The maximum Gasteiger partial charge on any atom is 0.326 e. The van der Waals surface area contributed by atoms with E-state index in [1.54, 1.807) is 0 Å². The van der Waals surface area contributed by atoms with Crippen LogP contribution in [0.4, 0.5) is 0 Å². The Morgan fingerprint density at radius 1 is 1.21 bits per heavy atom. The van der Waals surface area contributed by atoms with Gasteiger partial charge in [-0.1, -0.05) is 0 Å². The highest BCUT2D eigenvalue weighted by molar-refractivity contribution is 5.91. The molecule has 0 aromatic carbocycles. The monoisotopic (exact) mass is 344 g/mol. The van der Waals surface area contributed by atoms with Gasteiger partial charge in [0.2, 0.25) is 11.8 Å². The van der Waals surface area contributed by atoms with Crippen LogP contribution < -0.4 is 27.4 Å². The summed E-state index contributed by atoms with van der Waals surface area (Å²) in [5.74, 6) is -3.19. The zero-order valence-electron chi connectivity index (χ0n) is 13.4. The van der Waals surface area contributed by atoms with Crippen LogP contribution in [0.1, 0.15) is 26.2 Å². The van der Waals surface area contributed by atoms with E-state index in [0.29, 0.717) is 19.4 Å². The Morgan fingerprint density at radius 2 is 1.83 bits per heavy atom. The lowest BCUT2D eigenvalue weighted by Crippen LogP contribution is -2.49. The third-order valence-corrected chi connectivity index (χ3v) is 2.89. The summed E-state index contributed by atoms with van der Waals surface area (Å²) in [4.78, 5) is 45.2. The topological polar surface area (TPSA) is 200 Å². The molecule has 0 saturated carbocycles. The Hall–Kier alpha value is -2.69. The molecule has 0 aliphatic heterocycles.